The van der Waals surface area contributed by atoms with Crippen molar-refractivity contribution in [2.45, 2.75) is 51.6 Å². The summed E-state index contributed by atoms with van der Waals surface area (Å²) in [5, 5.41) is 3.46. The van der Waals surface area contributed by atoms with Crippen molar-refractivity contribution in [3.8, 4) is 0 Å². The van der Waals surface area contributed by atoms with E-state index in [1.807, 2.05) is 0 Å². The van der Waals surface area contributed by atoms with Crippen molar-refractivity contribution in [3.05, 3.63) is 0 Å². The van der Waals surface area contributed by atoms with E-state index in [2.05, 4.69) is 31.1 Å². The van der Waals surface area contributed by atoms with Gasteiger partial charge in [0.1, 0.15) is 0 Å². The van der Waals surface area contributed by atoms with Crippen LogP contribution in [0.3, 0.4) is 0 Å². The molecule has 0 bridgehead atoms. The second-order valence-corrected chi connectivity index (χ2v) is 3.97. The Balaban J connectivity index is 2.51. The number of nitrogens with one attached hydrogen (secondary N) is 1. The quantitative estimate of drug-likeness (QED) is 0.717. The molecular formula is C11H24N2. The number of hydrogen-bond acceptors (Lipinski definition) is 2. The Morgan fingerprint density at radius 3 is 2.31 bits per heavy atom. The fourth-order valence-corrected chi connectivity index (χ4v) is 2.58. The summed E-state index contributed by atoms with van der Waals surface area (Å²) < 4.78 is 0. The molecule has 0 aromatic heterocycles. The average Bonchev–Trinajstić information content (AvgIpc) is 2.20. The van der Waals surface area contributed by atoms with Crippen molar-refractivity contribution in [2.24, 2.45) is 0 Å². The van der Waals surface area contributed by atoms with Crippen LogP contribution in [0.4, 0.5) is 0 Å². The summed E-state index contributed by atoms with van der Waals surface area (Å²) in [6, 6.07) is 1.52. The third-order valence-corrected chi connectivity index (χ3v) is 3.38. The van der Waals surface area contributed by atoms with E-state index >= 15 is 0 Å². The first kappa shape index (κ1) is 11.0. The third-order valence-electron chi connectivity index (χ3n) is 3.38. The van der Waals surface area contributed by atoms with Crippen LogP contribution < -0.4 is 5.32 Å². The van der Waals surface area contributed by atoms with E-state index in [1.165, 1.54) is 38.8 Å². The number of nitrogens with zero attached hydrogens (tertiary/aromatic N) is 1. The molecule has 0 saturated heterocycles. The second kappa shape index (κ2) is 5.61. The molecule has 0 aromatic rings. The minimum Gasteiger partial charge on any atom is -0.315 e. The summed E-state index contributed by atoms with van der Waals surface area (Å²) in [4.78, 5) is 2.60. The average molecular weight is 184 g/mol. The molecule has 0 spiro atoms. The van der Waals surface area contributed by atoms with Crippen LogP contribution in [-0.2, 0) is 0 Å². The van der Waals surface area contributed by atoms with Gasteiger partial charge in [-0.2, -0.15) is 0 Å². The molecule has 2 unspecified atom stereocenters. The standard InChI is InChI=1S/C11H24N2/c1-4-13(5-2)11-9-7-6-8-10(11)12-3/h10-12H,4-9H2,1-3H3. The largest absolute Gasteiger partial charge is 0.315 e. The molecule has 1 fully saturated rings. The molecular weight excluding hydrogens is 160 g/mol. The van der Waals surface area contributed by atoms with Gasteiger partial charge >= 0.3 is 0 Å². The van der Waals surface area contributed by atoms with E-state index in [9.17, 15) is 0 Å². The van der Waals surface area contributed by atoms with Gasteiger partial charge in [0.25, 0.3) is 0 Å². The third kappa shape index (κ3) is 2.68. The maximum Gasteiger partial charge on any atom is 0.0248 e. The topological polar surface area (TPSA) is 15.3 Å². The molecule has 2 atom stereocenters. The first-order chi connectivity index (χ1) is 6.33. The van der Waals surface area contributed by atoms with Gasteiger partial charge in [0.2, 0.25) is 0 Å². The van der Waals surface area contributed by atoms with Crippen molar-refractivity contribution in [3.63, 3.8) is 0 Å². The molecule has 1 N–H and O–H groups in total. The molecule has 0 heterocycles. The molecule has 0 radical (unpaired) electrons. The highest BCUT2D eigenvalue weighted by Crippen LogP contribution is 2.22. The van der Waals surface area contributed by atoms with E-state index in [-0.39, 0.29) is 0 Å². The Morgan fingerprint density at radius 1 is 1.15 bits per heavy atom. The van der Waals surface area contributed by atoms with Crippen molar-refractivity contribution < 1.29 is 0 Å². The molecule has 0 amide bonds. The van der Waals surface area contributed by atoms with E-state index in [1.54, 1.807) is 0 Å². The van der Waals surface area contributed by atoms with Gasteiger partial charge < -0.3 is 5.32 Å². The summed E-state index contributed by atoms with van der Waals surface area (Å²) >= 11 is 0. The number of rotatable bonds is 4. The molecule has 78 valence electrons. The van der Waals surface area contributed by atoms with E-state index in [0.717, 1.165) is 12.1 Å². The van der Waals surface area contributed by atoms with Gasteiger partial charge in [-0.25, -0.2) is 0 Å². The molecule has 1 rings (SSSR count). The monoisotopic (exact) mass is 184 g/mol. The predicted molar refractivity (Wildman–Crippen MR) is 58.0 cm³/mol. The smallest absolute Gasteiger partial charge is 0.0248 e. The molecule has 2 heteroatoms. The van der Waals surface area contributed by atoms with Crippen LogP contribution >= 0.6 is 0 Å². The van der Waals surface area contributed by atoms with Crippen LogP contribution in [0.1, 0.15) is 39.5 Å². The Morgan fingerprint density at radius 2 is 1.77 bits per heavy atom. The van der Waals surface area contributed by atoms with Crippen LogP contribution in [0.2, 0.25) is 0 Å². The lowest BCUT2D eigenvalue weighted by Crippen LogP contribution is -2.50. The zero-order valence-corrected chi connectivity index (χ0v) is 9.34. The number of hydrogen-bond donors (Lipinski definition) is 1. The van der Waals surface area contributed by atoms with Crippen molar-refractivity contribution >= 4 is 0 Å². The highest BCUT2D eigenvalue weighted by molar-refractivity contribution is 4.86. The summed E-state index contributed by atoms with van der Waals surface area (Å²) in [6.07, 6.45) is 5.56. The van der Waals surface area contributed by atoms with Gasteiger partial charge in [-0.15, -0.1) is 0 Å². The normalized spacial score (nSPS) is 29.5. The van der Waals surface area contributed by atoms with Crippen LogP contribution in [0.25, 0.3) is 0 Å². The fraction of sp³-hybridized carbons (Fsp3) is 1.00. The molecule has 13 heavy (non-hydrogen) atoms. The van der Waals surface area contributed by atoms with E-state index < -0.39 is 0 Å². The first-order valence-corrected chi connectivity index (χ1v) is 5.74. The fourth-order valence-electron chi connectivity index (χ4n) is 2.58. The maximum absolute atomic E-state index is 3.46. The molecule has 1 saturated carbocycles. The van der Waals surface area contributed by atoms with Gasteiger partial charge in [-0.05, 0) is 33.0 Å². The second-order valence-electron chi connectivity index (χ2n) is 3.97. The Labute approximate surface area is 82.7 Å². The zero-order valence-electron chi connectivity index (χ0n) is 9.34. The predicted octanol–water partition coefficient (Wildman–Crippen LogP) is 1.86. The molecule has 0 aromatic carbocycles. The van der Waals surface area contributed by atoms with E-state index in [4.69, 9.17) is 0 Å². The van der Waals surface area contributed by atoms with Crippen molar-refractivity contribution in [1.82, 2.24) is 10.2 Å². The van der Waals surface area contributed by atoms with Crippen molar-refractivity contribution in [2.75, 3.05) is 20.1 Å². The maximum atomic E-state index is 3.46. The lowest BCUT2D eigenvalue weighted by molar-refractivity contribution is 0.137. The highest BCUT2D eigenvalue weighted by Gasteiger charge is 2.27. The highest BCUT2D eigenvalue weighted by atomic mass is 15.2. The SMILES string of the molecule is CCN(CC)C1CCCCC1NC. The lowest BCUT2D eigenvalue weighted by atomic mass is 9.89. The van der Waals surface area contributed by atoms with Crippen molar-refractivity contribution in [1.29, 1.82) is 0 Å². The van der Waals surface area contributed by atoms with Gasteiger partial charge in [0.15, 0.2) is 0 Å². The van der Waals surface area contributed by atoms with Crippen LogP contribution in [0, 0.1) is 0 Å². The minimum atomic E-state index is 0.730. The van der Waals surface area contributed by atoms with Crippen LogP contribution in [0.15, 0.2) is 0 Å². The lowest BCUT2D eigenvalue weighted by Gasteiger charge is -2.39. The van der Waals surface area contributed by atoms with E-state index in [0.29, 0.717) is 0 Å². The molecule has 2 nitrogen and oxygen atoms in total. The van der Waals surface area contributed by atoms with Gasteiger partial charge in [-0.3, -0.25) is 4.90 Å². The summed E-state index contributed by atoms with van der Waals surface area (Å²) in [6.45, 7) is 6.92. The Kier molecular flexibility index (Phi) is 4.74. The van der Waals surface area contributed by atoms with Gasteiger partial charge in [0, 0.05) is 12.1 Å². The Hall–Kier alpha value is -0.0800. The summed E-state index contributed by atoms with van der Waals surface area (Å²) in [5.41, 5.74) is 0. The molecule has 1 aliphatic rings. The number of likely N-dealkylation sites (N-methyl/N-ethyl adjacent to an activating group) is 2. The zero-order chi connectivity index (χ0) is 9.68. The van der Waals surface area contributed by atoms with Crippen LogP contribution in [-0.4, -0.2) is 37.1 Å². The van der Waals surface area contributed by atoms with Gasteiger partial charge in [0.05, 0.1) is 0 Å². The summed E-state index contributed by atoms with van der Waals surface area (Å²) in [5.74, 6) is 0. The molecule has 1 aliphatic carbocycles. The first-order valence-electron chi connectivity index (χ1n) is 5.74. The summed E-state index contributed by atoms with van der Waals surface area (Å²) in [7, 11) is 2.10. The molecule has 0 aliphatic heterocycles. The van der Waals surface area contributed by atoms with Gasteiger partial charge in [-0.1, -0.05) is 26.7 Å². The Bertz CT molecular complexity index is 125. The van der Waals surface area contributed by atoms with Crippen LogP contribution in [0.5, 0.6) is 0 Å². The minimum absolute atomic E-state index is 0.730.